The molecule has 0 radical (unpaired) electrons. The molecule has 2 aromatic heterocycles. The van der Waals surface area contributed by atoms with E-state index >= 15 is 0 Å². The zero-order valence-electron chi connectivity index (χ0n) is 11.0. The Morgan fingerprint density at radius 1 is 1.47 bits per heavy atom. The van der Waals surface area contributed by atoms with Crippen molar-refractivity contribution in [3.8, 4) is 0 Å². The van der Waals surface area contributed by atoms with Crippen LogP contribution < -0.4 is 5.73 Å². The van der Waals surface area contributed by atoms with E-state index in [2.05, 4.69) is 4.98 Å². The second-order valence-corrected chi connectivity index (χ2v) is 6.93. The van der Waals surface area contributed by atoms with Crippen LogP contribution in [0, 0.1) is 0 Å². The van der Waals surface area contributed by atoms with Crippen molar-refractivity contribution in [3.63, 3.8) is 0 Å². The molecule has 19 heavy (non-hydrogen) atoms. The van der Waals surface area contributed by atoms with Gasteiger partial charge in [0.2, 0.25) is 0 Å². The Morgan fingerprint density at radius 3 is 2.84 bits per heavy atom. The molecule has 0 saturated carbocycles. The molecule has 2 N–H and O–H groups in total. The first-order valence-corrected chi connectivity index (χ1v) is 8.55. The van der Waals surface area contributed by atoms with Crippen LogP contribution in [-0.4, -0.2) is 35.2 Å². The van der Waals surface area contributed by atoms with Crippen LogP contribution in [0.15, 0.2) is 16.6 Å². The maximum absolute atomic E-state index is 12.7. The van der Waals surface area contributed by atoms with E-state index in [1.165, 1.54) is 15.6 Å². The molecule has 0 aliphatic carbocycles. The molecule has 0 saturated heterocycles. The number of rotatable bonds is 6. The number of aromatic nitrogens is 2. The first kappa shape index (κ1) is 14.3. The van der Waals surface area contributed by atoms with Gasteiger partial charge in [-0.05, 0) is 6.42 Å². The van der Waals surface area contributed by atoms with Gasteiger partial charge in [0.1, 0.15) is 0 Å². The number of nitrogens with two attached hydrogens (primary N) is 1. The van der Waals surface area contributed by atoms with Gasteiger partial charge in [-0.15, -0.1) is 11.3 Å². The van der Waals surface area contributed by atoms with Crippen molar-refractivity contribution in [2.45, 2.75) is 31.7 Å². The Morgan fingerprint density at radius 2 is 2.21 bits per heavy atom. The van der Waals surface area contributed by atoms with Gasteiger partial charge in [0, 0.05) is 24.7 Å². The Bertz CT molecular complexity index is 659. The minimum Gasteiger partial charge on any atom is -0.381 e. The monoisotopic (exact) mass is 302 g/mol. The molecule has 0 aliphatic heterocycles. The number of fused-ring (bicyclic) bond motifs is 1. The molecule has 0 aromatic carbocycles. The third-order valence-corrected chi connectivity index (χ3v) is 5.71. The molecule has 0 fully saturated rings. The summed E-state index contributed by atoms with van der Waals surface area (Å²) in [5.41, 5.74) is 5.77. The zero-order valence-corrected chi connectivity index (χ0v) is 12.7. The topological polar surface area (TPSA) is 80.7 Å². The van der Waals surface area contributed by atoms with Crippen LogP contribution >= 0.6 is 11.3 Å². The van der Waals surface area contributed by atoms with Crippen molar-refractivity contribution in [2.24, 2.45) is 0 Å². The quantitative estimate of drug-likeness (QED) is 0.882. The standard InChI is InChI=1S/C11H18N4O2S2/c1-3-5-6-14(4-2)19(16,17)10-9(12)13-11-15(10)7-8-18-11/h7-8H,3-6,12H2,1-2H3. The number of sulfonamides is 1. The Balaban J connectivity index is 2.48. The minimum absolute atomic E-state index is 0.0711. The summed E-state index contributed by atoms with van der Waals surface area (Å²) in [5.74, 6) is 0.0711. The van der Waals surface area contributed by atoms with Gasteiger partial charge < -0.3 is 5.73 Å². The summed E-state index contributed by atoms with van der Waals surface area (Å²) in [6.45, 7) is 4.80. The summed E-state index contributed by atoms with van der Waals surface area (Å²) in [7, 11) is -3.59. The van der Waals surface area contributed by atoms with Crippen molar-refractivity contribution in [1.82, 2.24) is 13.7 Å². The van der Waals surface area contributed by atoms with Crippen LogP contribution in [0.25, 0.3) is 4.96 Å². The first-order valence-electron chi connectivity index (χ1n) is 6.23. The molecule has 2 heterocycles. The lowest BCUT2D eigenvalue weighted by Gasteiger charge is -2.19. The smallest absolute Gasteiger partial charge is 0.262 e. The first-order chi connectivity index (χ1) is 9.02. The van der Waals surface area contributed by atoms with E-state index in [1.54, 1.807) is 16.0 Å². The van der Waals surface area contributed by atoms with Crippen LogP contribution in [0.1, 0.15) is 26.7 Å². The molecule has 0 amide bonds. The summed E-state index contributed by atoms with van der Waals surface area (Å²) in [5, 5.41) is 1.88. The molecule has 0 atom stereocenters. The van der Waals surface area contributed by atoms with Crippen LogP contribution in [0.4, 0.5) is 5.82 Å². The van der Waals surface area contributed by atoms with Crippen molar-refractivity contribution in [1.29, 1.82) is 0 Å². The molecule has 0 bridgehead atoms. The molecule has 0 spiro atoms. The third-order valence-electron chi connectivity index (χ3n) is 2.94. The highest BCUT2D eigenvalue weighted by atomic mass is 32.2. The summed E-state index contributed by atoms with van der Waals surface area (Å²) >= 11 is 1.36. The van der Waals surface area contributed by atoms with E-state index in [0.29, 0.717) is 18.1 Å². The fourth-order valence-electron chi connectivity index (χ4n) is 1.94. The van der Waals surface area contributed by atoms with Crippen LogP contribution in [0.3, 0.4) is 0 Å². The number of unbranched alkanes of at least 4 members (excludes halogenated alkanes) is 1. The molecule has 8 heteroatoms. The van der Waals surface area contributed by atoms with E-state index in [0.717, 1.165) is 12.8 Å². The molecular weight excluding hydrogens is 284 g/mol. The summed E-state index contributed by atoms with van der Waals surface area (Å²) in [6, 6.07) is 0. The van der Waals surface area contributed by atoms with Gasteiger partial charge in [0.05, 0.1) is 0 Å². The van der Waals surface area contributed by atoms with E-state index in [1.807, 2.05) is 13.8 Å². The van der Waals surface area contributed by atoms with Crippen LogP contribution in [0.5, 0.6) is 0 Å². The third kappa shape index (κ3) is 2.47. The minimum atomic E-state index is -3.59. The molecule has 2 aromatic rings. The Hall–Kier alpha value is -1.12. The second kappa shape index (κ2) is 5.48. The van der Waals surface area contributed by atoms with Gasteiger partial charge in [-0.2, -0.15) is 4.31 Å². The normalized spacial score (nSPS) is 12.6. The highest BCUT2D eigenvalue weighted by molar-refractivity contribution is 7.89. The maximum atomic E-state index is 12.7. The Kier molecular flexibility index (Phi) is 4.12. The summed E-state index contributed by atoms with van der Waals surface area (Å²) in [4.78, 5) is 4.69. The number of imidazole rings is 1. The number of nitrogens with zero attached hydrogens (tertiary/aromatic N) is 3. The van der Waals surface area contributed by atoms with Crippen LogP contribution in [-0.2, 0) is 10.0 Å². The number of anilines is 1. The largest absolute Gasteiger partial charge is 0.381 e. The number of hydrogen-bond donors (Lipinski definition) is 1. The van der Waals surface area contributed by atoms with Gasteiger partial charge in [0.25, 0.3) is 10.0 Å². The molecular formula is C11H18N4O2S2. The van der Waals surface area contributed by atoms with E-state index in [-0.39, 0.29) is 10.8 Å². The fourth-order valence-corrected chi connectivity index (χ4v) is 4.38. The highest BCUT2D eigenvalue weighted by Crippen LogP contribution is 2.26. The van der Waals surface area contributed by atoms with Gasteiger partial charge >= 0.3 is 0 Å². The van der Waals surface area contributed by atoms with Gasteiger partial charge in [-0.1, -0.05) is 20.3 Å². The molecule has 106 valence electrons. The van der Waals surface area contributed by atoms with Crippen LogP contribution in [0.2, 0.25) is 0 Å². The predicted molar refractivity (Wildman–Crippen MR) is 76.8 cm³/mol. The zero-order chi connectivity index (χ0) is 14.0. The summed E-state index contributed by atoms with van der Waals surface area (Å²) in [6.07, 6.45) is 3.46. The van der Waals surface area contributed by atoms with Crippen molar-refractivity contribution >= 4 is 32.1 Å². The molecule has 6 nitrogen and oxygen atoms in total. The summed E-state index contributed by atoms with van der Waals surface area (Å²) < 4.78 is 28.3. The molecule has 2 rings (SSSR count). The lowest BCUT2D eigenvalue weighted by Crippen LogP contribution is -2.33. The average molecular weight is 302 g/mol. The number of hydrogen-bond acceptors (Lipinski definition) is 5. The molecule has 0 unspecified atom stereocenters. The SMILES string of the molecule is CCCCN(CC)S(=O)(=O)c1c(N)nc2sccn12. The second-order valence-electron chi connectivity index (χ2n) is 4.21. The van der Waals surface area contributed by atoms with E-state index in [9.17, 15) is 8.42 Å². The lowest BCUT2D eigenvalue weighted by atomic mass is 10.3. The van der Waals surface area contributed by atoms with Gasteiger partial charge in [0.15, 0.2) is 15.8 Å². The van der Waals surface area contributed by atoms with Gasteiger partial charge in [-0.25, -0.2) is 13.4 Å². The maximum Gasteiger partial charge on any atom is 0.262 e. The van der Waals surface area contributed by atoms with E-state index in [4.69, 9.17) is 5.73 Å². The van der Waals surface area contributed by atoms with Crippen molar-refractivity contribution < 1.29 is 8.42 Å². The average Bonchev–Trinajstić information content (AvgIpc) is 2.88. The lowest BCUT2D eigenvalue weighted by molar-refractivity contribution is 0.417. The van der Waals surface area contributed by atoms with Gasteiger partial charge in [-0.3, -0.25) is 4.40 Å². The number of nitrogen functional groups attached to an aromatic ring is 1. The predicted octanol–water partition coefficient (Wildman–Crippen LogP) is 1.79. The highest BCUT2D eigenvalue weighted by Gasteiger charge is 2.29. The fraction of sp³-hybridized carbons (Fsp3) is 0.545. The van der Waals surface area contributed by atoms with Crippen molar-refractivity contribution in [3.05, 3.63) is 11.6 Å². The number of thiazole rings is 1. The van der Waals surface area contributed by atoms with Crippen molar-refractivity contribution in [2.75, 3.05) is 18.8 Å². The Labute approximate surface area is 116 Å². The molecule has 0 aliphatic rings. The van der Waals surface area contributed by atoms with E-state index < -0.39 is 10.0 Å².